The number of rotatable bonds is 8. The number of nitriles is 2. The molecule has 0 saturated heterocycles. The van der Waals surface area contributed by atoms with Gasteiger partial charge in [0.1, 0.15) is 30.1 Å². The van der Waals surface area contributed by atoms with E-state index in [2.05, 4.69) is 5.32 Å². The van der Waals surface area contributed by atoms with E-state index in [0.29, 0.717) is 23.6 Å². The fourth-order valence-corrected chi connectivity index (χ4v) is 3.41. The van der Waals surface area contributed by atoms with Crippen molar-refractivity contribution in [2.24, 2.45) is 0 Å². The van der Waals surface area contributed by atoms with E-state index >= 15 is 0 Å². The fraction of sp³-hybridized carbons (Fsp3) is 0.0800. The second-order valence-corrected chi connectivity index (χ2v) is 7.50. The molecule has 8 heteroatoms. The molecule has 1 N–H and O–H groups in total. The van der Waals surface area contributed by atoms with E-state index in [1.807, 2.05) is 42.5 Å². The van der Waals surface area contributed by atoms with Gasteiger partial charge in [0.15, 0.2) is 12.4 Å². The summed E-state index contributed by atoms with van der Waals surface area (Å²) < 4.78 is 10.9. The van der Waals surface area contributed by atoms with Gasteiger partial charge >= 0.3 is 0 Å². The zero-order valence-corrected chi connectivity index (χ0v) is 18.7. The van der Waals surface area contributed by atoms with Crippen LogP contribution in [0.2, 0.25) is 10.0 Å². The topological polar surface area (TPSA) is 95.1 Å². The first kappa shape index (κ1) is 23.7. The minimum atomic E-state index is -0.590. The van der Waals surface area contributed by atoms with Crippen molar-refractivity contribution in [2.75, 3.05) is 11.9 Å². The molecule has 0 aliphatic rings. The lowest BCUT2D eigenvalue weighted by Gasteiger charge is -2.09. The van der Waals surface area contributed by atoms with Gasteiger partial charge in [-0.15, -0.1) is 0 Å². The van der Waals surface area contributed by atoms with Gasteiger partial charge in [-0.2, -0.15) is 10.5 Å². The lowest BCUT2D eigenvalue weighted by molar-refractivity contribution is -0.112. The number of ether oxygens (including phenoxy) is 2. The quantitative estimate of drug-likeness (QED) is 0.316. The van der Waals surface area contributed by atoms with Crippen LogP contribution in [0.3, 0.4) is 0 Å². The number of nitrogens with zero attached hydrogens (tertiary/aromatic N) is 2. The summed E-state index contributed by atoms with van der Waals surface area (Å²) in [6.07, 6.45) is 1.36. The van der Waals surface area contributed by atoms with E-state index in [4.69, 9.17) is 37.9 Å². The maximum absolute atomic E-state index is 12.6. The number of anilines is 1. The van der Waals surface area contributed by atoms with E-state index in [-0.39, 0.29) is 28.0 Å². The number of nitrogens with one attached hydrogen (secondary N) is 1. The van der Waals surface area contributed by atoms with Crippen molar-refractivity contribution in [1.82, 2.24) is 0 Å². The summed E-state index contributed by atoms with van der Waals surface area (Å²) in [6, 6.07) is 23.3. The van der Waals surface area contributed by atoms with Gasteiger partial charge in [-0.3, -0.25) is 4.79 Å². The molecule has 0 atom stereocenters. The lowest BCUT2D eigenvalue weighted by Crippen LogP contribution is -2.13. The van der Waals surface area contributed by atoms with Crippen LogP contribution in [0.1, 0.15) is 11.1 Å². The summed E-state index contributed by atoms with van der Waals surface area (Å²) >= 11 is 12.3. The number of halogens is 2. The van der Waals surface area contributed by atoms with Crippen molar-refractivity contribution in [3.05, 3.63) is 93.5 Å². The van der Waals surface area contributed by atoms with Gasteiger partial charge < -0.3 is 14.8 Å². The van der Waals surface area contributed by atoms with Crippen molar-refractivity contribution in [1.29, 1.82) is 10.5 Å². The standard InChI is InChI=1S/C25H17Cl2N3O3/c26-22-13-18(14-23(27)24(22)32-11-10-28)12-19(15-29)25(31)30-20-6-8-21(9-7-20)33-16-17-4-2-1-3-5-17/h1-9,12-14H,11,16H2,(H,30,31)/b19-12+. The van der Waals surface area contributed by atoms with E-state index in [1.165, 1.54) is 18.2 Å². The van der Waals surface area contributed by atoms with E-state index in [1.54, 1.807) is 24.3 Å². The molecule has 164 valence electrons. The molecule has 0 radical (unpaired) electrons. The summed E-state index contributed by atoms with van der Waals surface area (Å²) in [7, 11) is 0. The molecule has 3 rings (SSSR count). The molecule has 0 spiro atoms. The summed E-state index contributed by atoms with van der Waals surface area (Å²) in [5.74, 6) is 0.220. The third-order valence-electron chi connectivity index (χ3n) is 4.34. The van der Waals surface area contributed by atoms with Gasteiger partial charge in [0.05, 0.1) is 10.0 Å². The lowest BCUT2D eigenvalue weighted by atomic mass is 10.1. The average molecular weight is 478 g/mol. The van der Waals surface area contributed by atoms with Gasteiger partial charge in [0.25, 0.3) is 5.91 Å². The molecule has 0 bridgehead atoms. The highest BCUT2D eigenvalue weighted by Crippen LogP contribution is 2.35. The Hall–Kier alpha value is -3.97. The fourth-order valence-electron chi connectivity index (χ4n) is 2.79. The zero-order valence-electron chi connectivity index (χ0n) is 17.2. The van der Waals surface area contributed by atoms with Crippen LogP contribution in [0, 0.1) is 22.7 Å². The molecule has 3 aromatic carbocycles. The molecule has 6 nitrogen and oxygen atoms in total. The number of amides is 1. The minimum absolute atomic E-state index is 0.141. The molecule has 0 fully saturated rings. The molecule has 3 aromatic rings. The van der Waals surface area contributed by atoms with Gasteiger partial charge in [-0.1, -0.05) is 53.5 Å². The Morgan fingerprint density at radius 1 is 0.970 bits per heavy atom. The second-order valence-electron chi connectivity index (χ2n) is 6.68. The first-order chi connectivity index (χ1) is 16.0. The Morgan fingerprint density at radius 2 is 1.64 bits per heavy atom. The Morgan fingerprint density at radius 3 is 2.24 bits per heavy atom. The molecular weight excluding hydrogens is 461 g/mol. The molecule has 33 heavy (non-hydrogen) atoms. The molecular formula is C25H17Cl2N3O3. The summed E-state index contributed by atoms with van der Waals surface area (Å²) in [4.78, 5) is 12.6. The van der Waals surface area contributed by atoms with Crippen LogP contribution in [0.25, 0.3) is 6.08 Å². The van der Waals surface area contributed by atoms with Crippen LogP contribution in [0.4, 0.5) is 5.69 Å². The molecule has 0 aliphatic carbocycles. The molecule has 0 heterocycles. The average Bonchev–Trinajstić information content (AvgIpc) is 2.82. The first-order valence-electron chi connectivity index (χ1n) is 9.69. The van der Waals surface area contributed by atoms with Crippen LogP contribution >= 0.6 is 23.2 Å². The van der Waals surface area contributed by atoms with Crippen LogP contribution in [-0.2, 0) is 11.4 Å². The summed E-state index contributed by atoms with van der Waals surface area (Å²) in [5, 5.41) is 21.1. The van der Waals surface area contributed by atoms with Gasteiger partial charge in [0.2, 0.25) is 0 Å². The first-order valence-corrected chi connectivity index (χ1v) is 10.4. The van der Waals surface area contributed by atoms with Crippen molar-refractivity contribution in [3.63, 3.8) is 0 Å². The predicted octanol–water partition coefficient (Wildman–Crippen LogP) is 6.02. The zero-order chi connectivity index (χ0) is 23.6. The van der Waals surface area contributed by atoms with E-state index in [0.717, 1.165) is 5.56 Å². The Bertz CT molecular complexity index is 1220. The van der Waals surface area contributed by atoms with Crippen LogP contribution in [0.15, 0.2) is 72.3 Å². The van der Waals surface area contributed by atoms with Crippen LogP contribution in [0.5, 0.6) is 11.5 Å². The normalized spacial score (nSPS) is 10.6. The van der Waals surface area contributed by atoms with Crippen molar-refractivity contribution in [2.45, 2.75) is 6.61 Å². The highest BCUT2D eigenvalue weighted by molar-refractivity contribution is 6.37. The third kappa shape index (κ3) is 6.75. The third-order valence-corrected chi connectivity index (χ3v) is 4.90. The van der Waals surface area contributed by atoms with Gasteiger partial charge in [0, 0.05) is 5.69 Å². The molecule has 0 unspecified atom stereocenters. The molecule has 1 amide bonds. The number of hydrogen-bond acceptors (Lipinski definition) is 5. The minimum Gasteiger partial charge on any atom is -0.489 e. The van der Waals surface area contributed by atoms with Crippen molar-refractivity contribution < 1.29 is 14.3 Å². The van der Waals surface area contributed by atoms with Crippen molar-refractivity contribution >= 4 is 40.9 Å². The molecule has 0 aliphatic heterocycles. The van der Waals surface area contributed by atoms with E-state index in [9.17, 15) is 10.1 Å². The predicted molar refractivity (Wildman–Crippen MR) is 127 cm³/mol. The van der Waals surface area contributed by atoms with Gasteiger partial charge in [-0.25, -0.2) is 0 Å². The van der Waals surface area contributed by atoms with Crippen molar-refractivity contribution in [3.8, 4) is 23.6 Å². The Labute approximate surface area is 201 Å². The highest BCUT2D eigenvalue weighted by atomic mass is 35.5. The summed E-state index contributed by atoms with van der Waals surface area (Å²) in [5.41, 5.74) is 1.84. The highest BCUT2D eigenvalue weighted by Gasteiger charge is 2.13. The smallest absolute Gasteiger partial charge is 0.266 e. The Balaban J connectivity index is 1.66. The number of carbonyl (C=O) groups is 1. The Kier molecular flexibility index (Phi) is 8.32. The monoisotopic (exact) mass is 477 g/mol. The maximum Gasteiger partial charge on any atom is 0.266 e. The molecule has 0 saturated carbocycles. The van der Waals surface area contributed by atoms with Gasteiger partial charge in [-0.05, 0) is 53.6 Å². The SMILES string of the molecule is N#CCOc1c(Cl)cc(/C=C(\C#N)C(=O)Nc2ccc(OCc3ccccc3)cc2)cc1Cl. The number of hydrogen-bond donors (Lipinski definition) is 1. The van der Waals surface area contributed by atoms with Crippen LogP contribution in [-0.4, -0.2) is 12.5 Å². The van der Waals surface area contributed by atoms with Crippen LogP contribution < -0.4 is 14.8 Å². The molecule has 0 aromatic heterocycles. The number of carbonyl (C=O) groups excluding carboxylic acids is 1. The largest absolute Gasteiger partial charge is 0.489 e. The second kappa shape index (κ2) is 11.6. The van der Waals surface area contributed by atoms with E-state index < -0.39 is 5.91 Å². The number of benzene rings is 3. The maximum atomic E-state index is 12.6. The summed E-state index contributed by atoms with van der Waals surface area (Å²) in [6.45, 7) is 0.218.